The maximum absolute atomic E-state index is 8.87. The summed E-state index contributed by atoms with van der Waals surface area (Å²) in [7, 11) is 0. The molecule has 1 aliphatic rings. The van der Waals surface area contributed by atoms with Crippen molar-refractivity contribution in [1.82, 2.24) is 5.32 Å². The largest absolute Gasteiger partial charge is 0.395 e. The van der Waals surface area contributed by atoms with Crippen molar-refractivity contribution in [2.45, 2.75) is 38.0 Å². The zero-order chi connectivity index (χ0) is 9.68. The Kier molecular flexibility index (Phi) is 4.66. The Morgan fingerprint density at radius 2 is 2.15 bits per heavy atom. The highest BCUT2D eigenvalue weighted by atomic mass is 16.5. The second-order valence-electron chi connectivity index (χ2n) is 3.63. The van der Waals surface area contributed by atoms with Crippen molar-refractivity contribution in [3.8, 4) is 0 Å². The molecule has 1 saturated heterocycles. The summed E-state index contributed by atoms with van der Waals surface area (Å²) in [6.07, 6.45) is 2.20. The van der Waals surface area contributed by atoms with Crippen molar-refractivity contribution in [2.24, 2.45) is 0 Å². The monoisotopic (exact) mass is 189 g/mol. The lowest BCUT2D eigenvalue weighted by atomic mass is 10.0. The fourth-order valence-corrected chi connectivity index (χ4v) is 1.65. The number of ether oxygens (including phenoxy) is 1. The molecule has 0 amide bonds. The molecule has 0 bridgehead atoms. The Morgan fingerprint density at radius 3 is 2.69 bits per heavy atom. The van der Waals surface area contributed by atoms with Gasteiger partial charge in [0.15, 0.2) is 0 Å². The molecule has 2 unspecified atom stereocenters. The maximum atomic E-state index is 8.87. The average Bonchev–Trinajstić information content (AvgIpc) is 2.14. The lowest BCUT2D eigenvalue weighted by Crippen LogP contribution is -2.46. The van der Waals surface area contributed by atoms with Crippen molar-refractivity contribution < 1.29 is 14.9 Å². The van der Waals surface area contributed by atoms with E-state index in [4.69, 9.17) is 14.9 Å². The molecular formula is C9H19NO3. The molecule has 3 N–H and O–H groups in total. The molecule has 1 rings (SSSR count). The zero-order valence-corrected chi connectivity index (χ0v) is 8.07. The van der Waals surface area contributed by atoms with Gasteiger partial charge in [-0.3, -0.25) is 0 Å². The average molecular weight is 189 g/mol. The van der Waals surface area contributed by atoms with Gasteiger partial charge in [-0.1, -0.05) is 0 Å². The Labute approximate surface area is 78.9 Å². The fourth-order valence-electron chi connectivity index (χ4n) is 1.65. The third kappa shape index (κ3) is 3.60. The summed E-state index contributed by atoms with van der Waals surface area (Å²) < 4.78 is 5.39. The minimum atomic E-state index is -0.185. The predicted molar refractivity (Wildman–Crippen MR) is 49.5 cm³/mol. The van der Waals surface area contributed by atoms with E-state index in [0.29, 0.717) is 6.04 Å². The summed E-state index contributed by atoms with van der Waals surface area (Å²) in [5.74, 6) is 0. The lowest BCUT2D eigenvalue weighted by Gasteiger charge is -2.30. The van der Waals surface area contributed by atoms with E-state index in [1.165, 1.54) is 0 Å². The summed E-state index contributed by atoms with van der Waals surface area (Å²) in [6, 6.07) is 0.184. The predicted octanol–water partition coefficient (Wildman–Crippen LogP) is -0.503. The highest BCUT2D eigenvalue weighted by Gasteiger charge is 2.21. The molecule has 0 spiro atoms. The van der Waals surface area contributed by atoms with Crippen LogP contribution in [-0.4, -0.2) is 48.2 Å². The second kappa shape index (κ2) is 5.54. The molecule has 1 aliphatic heterocycles. The van der Waals surface area contributed by atoms with Crippen molar-refractivity contribution in [3.05, 3.63) is 0 Å². The molecule has 4 heteroatoms. The number of hydrogen-bond acceptors (Lipinski definition) is 4. The summed E-state index contributed by atoms with van der Waals surface area (Å²) in [5, 5.41) is 20.9. The smallest absolute Gasteiger partial charge is 0.0607 e. The van der Waals surface area contributed by atoms with E-state index in [0.717, 1.165) is 19.4 Å². The van der Waals surface area contributed by atoms with Crippen LogP contribution in [0.15, 0.2) is 0 Å². The first-order chi connectivity index (χ1) is 6.26. The first-order valence-electron chi connectivity index (χ1n) is 4.85. The molecule has 1 fully saturated rings. The Balaban J connectivity index is 2.26. The number of aliphatic hydroxyl groups is 2. The van der Waals surface area contributed by atoms with Crippen LogP contribution in [0.1, 0.15) is 19.8 Å². The molecule has 4 nitrogen and oxygen atoms in total. The Bertz CT molecular complexity index is 139. The first kappa shape index (κ1) is 10.9. The van der Waals surface area contributed by atoms with Gasteiger partial charge >= 0.3 is 0 Å². The molecule has 0 aromatic carbocycles. The van der Waals surface area contributed by atoms with Crippen molar-refractivity contribution in [3.63, 3.8) is 0 Å². The van der Waals surface area contributed by atoms with Gasteiger partial charge in [0.05, 0.1) is 25.4 Å². The maximum Gasteiger partial charge on any atom is 0.0607 e. The quantitative estimate of drug-likeness (QED) is 0.558. The molecule has 0 radical (unpaired) electrons. The fraction of sp³-hybridized carbons (Fsp3) is 1.00. The van der Waals surface area contributed by atoms with E-state index in [9.17, 15) is 0 Å². The second-order valence-corrected chi connectivity index (χ2v) is 3.63. The van der Waals surface area contributed by atoms with E-state index >= 15 is 0 Å². The minimum Gasteiger partial charge on any atom is -0.395 e. The molecule has 0 aromatic rings. The van der Waals surface area contributed by atoms with Crippen LogP contribution in [0.5, 0.6) is 0 Å². The van der Waals surface area contributed by atoms with E-state index in [2.05, 4.69) is 5.32 Å². The van der Waals surface area contributed by atoms with Gasteiger partial charge in [-0.05, 0) is 19.8 Å². The van der Waals surface area contributed by atoms with Crippen molar-refractivity contribution in [1.29, 1.82) is 0 Å². The van der Waals surface area contributed by atoms with Gasteiger partial charge in [0.2, 0.25) is 0 Å². The van der Waals surface area contributed by atoms with Gasteiger partial charge in [0, 0.05) is 12.6 Å². The van der Waals surface area contributed by atoms with Crippen LogP contribution in [-0.2, 0) is 4.74 Å². The topological polar surface area (TPSA) is 61.7 Å². The van der Waals surface area contributed by atoms with Gasteiger partial charge in [-0.25, -0.2) is 0 Å². The first-order valence-corrected chi connectivity index (χ1v) is 4.85. The molecule has 1 heterocycles. The van der Waals surface area contributed by atoms with Crippen LogP contribution in [0.4, 0.5) is 0 Å². The van der Waals surface area contributed by atoms with E-state index in [1.54, 1.807) is 0 Å². The lowest BCUT2D eigenvalue weighted by molar-refractivity contribution is 0.00752. The third-order valence-electron chi connectivity index (χ3n) is 2.40. The van der Waals surface area contributed by atoms with E-state index < -0.39 is 0 Å². The standard InChI is InChI=1S/C9H19NO3/c1-7-4-8(2-3-13-7)10-9(5-11)6-12/h7-12H,2-6H2,1H3. The summed E-state index contributed by atoms with van der Waals surface area (Å²) in [6.45, 7) is 2.79. The van der Waals surface area contributed by atoms with E-state index in [-0.39, 0.29) is 25.4 Å². The van der Waals surface area contributed by atoms with E-state index in [1.807, 2.05) is 6.92 Å². The zero-order valence-electron chi connectivity index (χ0n) is 8.07. The Morgan fingerprint density at radius 1 is 1.46 bits per heavy atom. The van der Waals surface area contributed by atoms with Gasteiger partial charge in [0.25, 0.3) is 0 Å². The molecule has 2 atom stereocenters. The van der Waals surface area contributed by atoms with Crippen LogP contribution in [0.2, 0.25) is 0 Å². The highest BCUT2D eigenvalue weighted by Crippen LogP contribution is 2.13. The van der Waals surface area contributed by atoms with Gasteiger partial charge in [-0.2, -0.15) is 0 Å². The van der Waals surface area contributed by atoms with Gasteiger partial charge in [-0.15, -0.1) is 0 Å². The summed E-state index contributed by atoms with van der Waals surface area (Å²) in [4.78, 5) is 0. The normalized spacial score (nSPS) is 29.5. The highest BCUT2D eigenvalue weighted by molar-refractivity contribution is 4.78. The van der Waals surface area contributed by atoms with Crippen LogP contribution in [0.3, 0.4) is 0 Å². The van der Waals surface area contributed by atoms with Gasteiger partial charge in [0.1, 0.15) is 0 Å². The van der Waals surface area contributed by atoms with Crippen molar-refractivity contribution in [2.75, 3.05) is 19.8 Å². The molecule has 0 aliphatic carbocycles. The number of rotatable bonds is 4. The summed E-state index contributed by atoms with van der Waals surface area (Å²) in [5.41, 5.74) is 0. The molecule has 0 aromatic heterocycles. The van der Waals surface area contributed by atoms with Gasteiger partial charge < -0.3 is 20.3 Å². The van der Waals surface area contributed by atoms with Crippen LogP contribution < -0.4 is 5.32 Å². The van der Waals surface area contributed by atoms with Crippen LogP contribution in [0, 0.1) is 0 Å². The minimum absolute atomic E-state index is 0.0117. The molecule has 0 saturated carbocycles. The third-order valence-corrected chi connectivity index (χ3v) is 2.40. The molecule has 78 valence electrons. The SMILES string of the molecule is CC1CC(NC(CO)CO)CCO1. The van der Waals surface area contributed by atoms with Crippen LogP contribution >= 0.6 is 0 Å². The number of hydrogen-bond donors (Lipinski definition) is 3. The number of nitrogens with one attached hydrogen (secondary N) is 1. The Hall–Kier alpha value is -0.160. The van der Waals surface area contributed by atoms with Crippen LogP contribution in [0.25, 0.3) is 0 Å². The van der Waals surface area contributed by atoms with Crippen molar-refractivity contribution >= 4 is 0 Å². The number of aliphatic hydroxyl groups excluding tert-OH is 2. The molecule has 13 heavy (non-hydrogen) atoms. The molecular weight excluding hydrogens is 170 g/mol. The summed E-state index contributed by atoms with van der Waals surface area (Å²) >= 11 is 0.